The van der Waals surface area contributed by atoms with Crippen LogP contribution >= 0.6 is 15.9 Å². The first-order chi connectivity index (χ1) is 8.57. The average molecular weight is 312 g/mol. The van der Waals surface area contributed by atoms with Gasteiger partial charge in [0.25, 0.3) is 0 Å². The smallest absolute Gasteiger partial charge is 0.133 e. The molecule has 2 nitrogen and oxygen atoms in total. The van der Waals surface area contributed by atoms with Gasteiger partial charge >= 0.3 is 0 Å². The largest absolute Gasteiger partial charge is 0.496 e. The predicted molar refractivity (Wildman–Crippen MR) is 78.9 cm³/mol. The number of rotatable bonds is 6. The van der Waals surface area contributed by atoms with Crippen molar-refractivity contribution in [3.63, 3.8) is 0 Å². The Morgan fingerprint density at radius 2 is 2.11 bits per heavy atom. The predicted octanol–water partition coefficient (Wildman–Crippen LogP) is 3.98. The summed E-state index contributed by atoms with van der Waals surface area (Å²) in [6.45, 7) is 6.72. The Balaban J connectivity index is 1.85. The SMILES string of the molecule is COc1ccc(CNCC2(C(C)C)CC2)cc1Br. The summed E-state index contributed by atoms with van der Waals surface area (Å²) < 4.78 is 6.26. The van der Waals surface area contributed by atoms with Crippen LogP contribution in [0.15, 0.2) is 22.7 Å². The van der Waals surface area contributed by atoms with E-state index in [1.54, 1.807) is 7.11 Å². The molecule has 0 saturated heterocycles. The number of methoxy groups -OCH3 is 1. The van der Waals surface area contributed by atoms with Crippen LogP contribution in [0, 0.1) is 11.3 Å². The molecule has 2 rings (SSSR count). The molecule has 1 aliphatic rings. The molecular weight excluding hydrogens is 290 g/mol. The van der Waals surface area contributed by atoms with Gasteiger partial charge in [-0.1, -0.05) is 19.9 Å². The van der Waals surface area contributed by atoms with Gasteiger partial charge in [0.05, 0.1) is 11.6 Å². The fourth-order valence-corrected chi connectivity index (χ4v) is 2.98. The monoisotopic (exact) mass is 311 g/mol. The third-order valence-electron chi connectivity index (χ3n) is 4.14. The summed E-state index contributed by atoms with van der Waals surface area (Å²) in [6.07, 6.45) is 2.76. The summed E-state index contributed by atoms with van der Waals surface area (Å²) in [7, 11) is 1.69. The fourth-order valence-electron chi connectivity index (χ4n) is 2.39. The van der Waals surface area contributed by atoms with E-state index in [1.165, 1.54) is 18.4 Å². The standard InChI is InChI=1S/C15H22BrNO/c1-11(2)15(6-7-15)10-17-9-12-4-5-14(18-3)13(16)8-12/h4-5,8,11,17H,6-7,9-10H2,1-3H3. The summed E-state index contributed by atoms with van der Waals surface area (Å²) in [4.78, 5) is 0. The lowest BCUT2D eigenvalue weighted by molar-refractivity contribution is 0.338. The van der Waals surface area contributed by atoms with Gasteiger partial charge in [-0.05, 0) is 57.8 Å². The van der Waals surface area contributed by atoms with Crippen LogP contribution in [0.3, 0.4) is 0 Å². The third kappa shape index (κ3) is 3.07. The normalized spacial score (nSPS) is 16.9. The molecule has 0 radical (unpaired) electrons. The van der Waals surface area contributed by atoms with Crippen molar-refractivity contribution < 1.29 is 4.74 Å². The molecule has 0 aromatic heterocycles. The molecule has 1 aliphatic carbocycles. The Bertz CT molecular complexity index is 413. The van der Waals surface area contributed by atoms with Crippen LogP contribution in [0.2, 0.25) is 0 Å². The van der Waals surface area contributed by atoms with Crippen LogP contribution in [-0.4, -0.2) is 13.7 Å². The summed E-state index contributed by atoms with van der Waals surface area (Å²) in [5.41, 5.74) is 1.87. The van der Waals surface area contributed by atoms with E-state index < -0.39 is 0 Å². The zero-order valence-corrected chi connectivity index (χ0v) is 13.0. The zero-order valence-electron chi connectivity index (χ0n) is 11.4. The molecular formula is C15H22BrNO. The lowest BCUT2D eigenvalue weighted by Crippen LogP contribution is -2.27. The second-order valence-corrected chi connectivity index (χ2v) is 6.44. The fraction of sp³-hybridized carbons (Fsp3) is 0.600. The molecule has 0 amide bonds. The Kier molecular flexibility index (Phi) is 4.33. The van der Waals surface area contributed by atoms with Crippen molar-refractivity contribution in [1.82, 2.24) is 5.32 Å². The molecule has 1 fully saturated rings. The topological polar surface area (TPSA) is 21.3 Å². The third-order valence-corrected chi connectivity index (χ3v) is 4.76. The highest BCUT2D eigenvalue weighted by Crippen LogP contribution is 2.51. The maximum atomic E-state index is 5.23. The van der Waals surface area contributed by atoms with Gasteiger partial charge in [0.1, 0.15) is 5.75 Å². The van der Waals surface area contributed by atoms with Crippen molar-refractivity contribution in [3.05, 3.63) is 28.2 Å². The van der Waals surface area contributed by atoms with E-state index in [1.807, 2.05) is 6.07 Å². The van der Waals surface area contributed by atoms with Crippen molar-refractivity contribution in [1.29, 1.82) is 0 Å². The van der Waals surface area contributed by atoms with Crippen molar-refractivity contribution in [2.75, 3.05) is 13.7 Å². The summed E-state index contributed by atoms with van der Waals surface area (Å²) in [5.74, 6) is 1.67. The second-order valence-electron chi connectivity index (χ2n) is 5.59. The first-order valence-corrected chi connectivity index (χ1v) is 7.40. The van der Waals surface area contributed by atoms with E-state index in [4.69, 9.17) is 4.74 Å². The minimum atomic E-state index is 0.573. The van der Waals surface area contributed by atoms with E-state index in [9.17, 15) is 0 Å². The zero-order chi connectivity index (χ0) is 13.2. The maximum Gasteiger partial charge on any atom is 0.133 e. The number of nitrogens with one attached hydrogen (secondary N) is 1. The molecule has 1 aromatic rings. The molecule has 1 aromatic carbocycles. The van der Waals surface area contributed by atoms with Gasteiger partial charge in [-0.3, -0.25) is 0 Å². The molecule has 0 aliphatic heterocycles. The van der Waals surface area contributed by atoms with Crippen LogP contribution in [0.25, 0.3) is 0 Å². The van der Waals surface area contributed by atoms with E-state index in [0.717, 1.165) is 29.2 Å². The van der Waals surface area contributed by atoms with Gasteiger partial charge < -0.3 is 10.1 Å². The molecule has 100 valence electrons. The lowest BCUT2D eigenvalue weighted by Gasteiger charge is -2.20. The molecule has 18 heavy (non-hydrogen) atoms. The van der Waals surface area contributed by atoms with Crippen LogP contribution in [0.1, 0.15) is 32.3 Å². The van der Waals surface area contributed by atoms with Gasteiger partial charge in [-0.15, -0.1) is 0 Å². The minimum absolute atomic E-state index is 0.573. The van der Waals surface area contributed by atoms with Crippen molar-refractivity contribution in [3.8, 4) is 5.75 Å². The Morgan fingerprint density at radius 3 is 2.61 bits per heavy atom. The van der Waals surface area contributed by atoms with Crippen LogP contribution in [0.5, 0.6) is 5.75 Å². The van der Waals surface area contributed by atoms with Gasteiger partial charge in [0, 0.05) is 13.1 Å². The molecule has 1 N–H and O–H groups in total. The molecule has 0 spiro atoms. The Morgan fingerprint density at radius 1 is 1.39 bits per heavy atom. The van der Waals surface area contributed by atoms with E-state index >= 15 is 0 Å². The highest BCUT2D eigenvalue weighted by Gasteiger charge is 2.44. The molecule has 0 heterocycles. The van der Waals surface area contributed by atoms with E-state index in [2.05, 4.69) is 47.2 Å². The summed E-state index contributed by atoms with van der Waals surface area (Å²) in [6, 6.07) is 6.25. The number of benzene rings is 1. The summed E-state index contributed by atoms with van der Waals surface area (Å²) >= 11 is 3.52. The number of ether oxygens (including phenoxy) is 1. The second kappa shape index (κ2) is 5.62. The highest BCUT2D eigenvalue weighted by atomic mass is 79.9. The van der Waals surface area contributed by atoms with E-state index in [0.29, 0.717) is 5.41 Å². The first-order valence-electron chi connectivity index (χ1n) is 6.60. The van der Waals surface area contributed by atoms with Crippen LogP contribution < -0.4 is 10.1 Å². The average Bonchev–Trinajstić information content (AvgIpc) is 3.10. The quantitative estimate of drug-likeness (QED) is 0.858. The molecule has 1 saturated carbocycles. The lowest BCUT2D eigenvalue weighted by atomic mass is 9.92. The number of halogens is 1. The molecule has 0 unspecified atom stereocenters. The highest BCUT2D eigenvalue weighted by molar-refractivity contribution is 9.10. The van der Waals surface area contributed by atoms with Gasteiger partial charge in [0.2, 0.25) is 0 Å². The maximum absolute atomic E-state index is 5.23. The number of hydrogen-bond donors (Lipinski definition) is 1. The summed E-state index contributed by atoms with van der Waals surface area (Å²) in [5, 5.41) is 3.59. The number of hydrogen-bond acceptors (Lipinski definition) is 2. The van der Waals surface area contributed by atoms with Gasteiger partial charge in [-0.25, -0.2) is 0 Å². The van der Waals surface area contributed by atoms with Gasteiger partial charge in [-0.2, -0.15) is 0 Å². The first kappa shape index (κ1) is 13.9. The molecule has 3 heteroatoms. The van der Waals surface area contributed by atoms with Gasteiger partial charge in [0.15, 0.2) is 0 Å². The van der Waals surface area contributed by atoms with E-state index in [-0.39, 0.29) is 0 Å². The van der Waals surface area contributed by atoms with Crippen molar-refractivity contribution >= 4 is 15.9 Å². The van der Waals surface area contributed by atoms with Crippen molar-refractivity contribution in [2.45, 2.75) is 33.2 Å². The molecule has 0 atom stereocenters. The minimum Gasteiger partial charge on any atom is -0.496 e. The van der Waals surface area contributed by atoms with Crippen molar-refractivity contribution in [2.24, 2.45) is 11.3 Å². The van der Waals surface area contributed by atoms with Crippen LogP contribution in [-0.2, 0) is 6.54 Å². The Labute approximate surface area is 118 Å². The molecule has 0 bridgehead atoms. The Hall–Kier alpha value is -0.540. The van der Waals surface area contributed by atoms with Crippen LogP contribution in [0.4, 0.5) is 0 Å².